The summed E-state index contributed by atoms with van der Waals surface area (Å²) in [5, 5.41) is 89.3. The molecule has 4 aromatic carbocycles. The Bertz CT molecular complexity index is 3090. The van der Waals surface area contributed by atoms with Crippen LogP contribution in [0.15, 0.2) is 121 Å². The van der Waals surface area contributed by atoms with Gasteiger partial charge in [0.05, 0.1) is 78.2 Å². The lowest BCUT2D eigenvalue weighted by Gasteiger charge is -2.33. The van der Waals surface area contributed by atoms with Gasteiger partial charge < -0.3 is 96.9 Å². The number of ether oxygens (including phenoxy) is 4. The van der Waals surface area contributed by atoms with E-state index in [1.165, 1.54) is 0 Å². The molecule has 0 amide bonds. The van der Waals surface area contributed by atoms with Crippen LogP contribution in [0.4, 0.5) is 0 Å². The molecule has 0 unspecified atom stereocenters. The fraction of sp³-hybridized carbons (Fsp3) is 0.600. The minimum atomic E-state index is -1.64. The molecule has 104 heavy (non-hydrogen) atoms. The average molecular weight is 1450 g/mol. The van der Waals surface area contributed by atoms with Crippen LogP contribution in [0.2, 0.25) is 0 Å². The second kappa shape index (κ2) is 34.7. The van der Waals surface area contributed by atoms with Gasteiger partial charge in [-0.1, -0.05) is 173 Å². The summed E-state index contributed by atoms with van der Waals surface area (Å²) in [7, 11) is 7.29. The number of carboxylic acids is 4. The fourth-order valence-electron chi connectivity index (χ4n) is 17.9. The van der Waals surface area contributed by atoms with E-state index >= 15 is 0 Å². The molecule has 0 aromatic heterocycles. The van der Waals surface area contributed by atoms with E-state index in [-0.39, 0.29) is 92.2 Å². The number of carboxylic acid groups (broad SMARTS) is 4. The van der Waals surface area contributed by atoms with Crippen LogP contribution < -0.4 is 20.4 Å². The number of quaternary nitrogens is 4. The summed E-state index contributed by atoms with van der Waals surface area (Å²) in [5.41, 5.74) is -4.28. The lowest BCUT2D eigenvalue weighted by Crippen LogP contribution is -2.51. The summed E-state index contributed by atoms with van der Waals surface area (Å²) >= 11 is 0. The second-order valence-electron chi connectivity index (χ2n) is 31.9. The summed E-state index contributed by atoms with van der Waals surface area (Å²) in [6.45, 7) is 3.75. The van der Waals surface area contributed by atoms with E-state index in [2.05, 4.69) is 0 Å². The van der Waals surface area contributed by atoms with E-state index in [1.807, 2.05) is 101 Å². The molecule has 4 N–H and O–H groups in total. The van der Waals surface area contributed by atoms with Gasteiger partial charge in [-0.05, 0) is 73.6 Å². The maximum absolute atomic E-state index is 13.0. The molecule has 0 radical (unpaired) electrons. The van der Waals surface area contributed by atoms with Gasteiger partial charge in [0.15, 0.2) is 46.8 Å². The van der Waals surface area contributed by atoms with Crippen molar-refractivity contribution in [1.82, 2.24) is 0 Å². The molecular formula is C80H108N4O20. The molecule has 4 heterocycles. The van der Waals surface area contributed by atoms with Crippen molar-refractivity contribution in [2.24, 2.45) is 23.7 Å². The van der Waals surface area contributed by atoms with Crippen molar-refractivity contribution in [1.29, 1.82) is 0 Å². The van der Waals surface area contributed by atoms with E-state index < -0.39 is 70.2 Å². The van der Waals surface area contributed by atoms with Crippen molar-refractivity contribution in [2.45, 2.75) is 175 Å². The van der Waals surface area contributed by atoms with Crippen LogP contribution in [0.1, 0.15) is 151 Å². The summed E-state index contributed by atoms with van der Waals surface area (Å²) in [6.07, 6.45) is 15.1. The Morgan fingerprint density at radius 3 is 0.625 bits per heavy atom. The number of carbonyl (C=O) groups is 8. The van der Waals surface area contributed by atoms with Crippen LogP contribution in [0.25, 0.3) is 0 Å². The highest BCUT2D eigenvalue weighted by molar-refractivity contribution is 5.84. The highest BCUT2D eigenvalue weighted by atomic mass is 16.6. The Morgan fingerprint density at radius 2 is 0.471 bits per heavy atom. The molecule has 24 nitrogen and oxygen atoms in total. The first-order valence-electron chi connectivity index (χ1n) is 37.4. The van der Waals surface area contributed by atoms with Crippen LogP contribution in [0.5, 0.6) is 0 Å². The molecule has 4 aliphatic heterocycles. The summed E-state index contributed by atoms with van der Waals surface area (Å²) in [4.78, 5) is 95.9. The van der Waals surface area contributed by atoms with Gasteiger partial charge >= 0.3 is 23.9 Å². The van der Waals surface area contributed by atoms with Gasteiger partial charge in [0.2, 0.25) is 0 Å². The van der Waals surface area contributed by atoms with Crippen LogP contribution >= 0.6 is 0 Å². The average Bonchev–Trinajstić information content (AvgIpc) is 1.30. The Morgan fingerprint density at radius 1 is 0.308 bits per heavy atom. The normalized spacial score (nSPS) is 28.6. The minimum Gasteiger partial charge on any atom is -0.544 e. The summed E-state index contributed by atoms with van der Waals surface area (Å²) < 4.78 is 24.0. The number of carbonyl (C=O) groups excluding carboxylic acids is 8. The minimum absolute atomic E-state index is 0.0976. The van der Waals surface area contributed by atoms with Gasteiger partial charge in [-0.2, -0.15) is 0 Å². The van der Waals surface area contributed by atoms with Crippen molar-refractivity contribution in [3.8, 4) is 0 Å². The monoisotopic (exact) mass is 1440 g/mol. The first-order valence-corrected chi connectivity index (χ1v) is 37.4. The Hall–Kier alpha value is -7.68. The number of nitrogens with zero attached hydrogens (tertiary/aromatic N) is 4. The van der Waals surface area contributed by atoms with E-state index in [0.29, 0.717) is 100 Å². The Balaban J connectivity index is 0.000000161. The van der Waals surface area contributed by atoms with Crippen molar-refractivity contribution in [2.75, 3.05) is 107 Å². The summed E-state index contributed by atoms with van der Waals surface area (Å²) in [5.74, 6) is -7.46. The number of hydrogen-bond donors (Lipinski definition) is 4. The SMILES string of the molecule is C[N@+]1(CC(=O)[O-])CC[C@@H](OC(=O)[C@](O)(c2ccccc2)C2CCCC2)C1.C[N@+]1(CC(=O)[O-])CC[C@H](OC(=O)[C@](O)(c2ccccc2)C2CCCC2)C1.C[N@@+]1(CC(=O)[O-])CC[C@@H](OC(=O)[C@](O)(c2ccccc2)C2CCCC2)C1.C[N@@+]1(CC(=O)[O-])CC[C@H](OC(=O)[C@](O)(c2ccccc2)C2CCCC2)C1. The number of benzene rings is 4. The number of hydrogen-bond acceptors (Lipinski definition) is 20. The van der Waals surface area contributed by atoms with Crippen molar-refractivity contribution >= 4 is 47.8 Å². The van der Waals surface area contributed by atoms with E-state index in [9.17, 15) is 79.2 Å². The number of likely N-dealkylation sites (N-methyl/N-ethyl adjacent to an activating group) is 4. The molecule has 568 valence electrons. The first kappa shape index (κ1) is 80.4. The van der Waals surface area contributed by atoms with Crippen molar-refractivity contribution in [3.63, 3.8) is 0 Å². The maximum Gasteiger partial charge on any atom is 0.343 e. The molecule has 8 aliphatic rings. The van der Waals surface area contributed by atoms with Crippen LogP contribution in [-0.4, -0.2) is 217 Å². The van der Waals surface area contributed by atoms with Crippen LogP contribution in [0, 0.1) is 23.7 Å². The molecule has 8 fully saturated rings. The standard InChI is InChI=1S/4C20H27NO5/c4*1-21(14-18(22)23)12-11-17(13-21)26-19(24)20(25,16-9-5-6-10-16)15-7-3-2-4-8-15/h4*2-4,7-8,16-17,25H,5-6,9-14H2,1H3/t17-,20+,21+;17-,20+,21-;17-,20-,21+;17-,20-,21-/m1100/s1. The highest BCUT2D eigenvalue weighted by Gasteiger charge is 2.54. The number of rotatable bonds is 24. The van der Waals surface area contributed by atoms with Gasteiger partial charge in [0, 0.05) is 49.4 Å². The predicted octanol–water partition coefficient (Wildman–Crippen LogP) is 2.31. The zero-order chi connectivity index (χ0) is 75.1. The van der Waals surface area contributed by atoms with Crippen LogP contribution in [0.3, 0.4) is 0 Å². The van der Waals surface area contributed by atoms with E-state index in [1.54, 1.807) is 48.5 Å². The van der Waals surface area contributed by atoms with Gasteiger partial charge in [0.1, 0.15) is 52.4 Å². The molecule has 24 heteroatoms. The fourth-order valence-corrected chi connectivity index (χ4v) is 17.9. The van der Waals surface area contributed by atoms with E-state index in [4.69, 9.17) is 18.9 Å². The molecule has 4 saturated carbocycles. The number of aliphatic hydroxyl groups is 4. The summed E-state index contributed by atoms with van der Waals surface area (Å²) in [6, 6.07) is 36.0. The zero-order valence-corrected chi connectivity index (χ0v) is 60.9. The predicted molar refractivity (Wildman–Crippen MR) is 370 cm³/mol. The zero-order valence-electron chi connectivity index (χ0n) is 60.9. The Labute approximate surface area is 610 Å². The largest absolute Gasteiger partial charge is 0.544 e. The Kier molecular flexibility index (Phi) is 26.8. The third-order valence-electron chi connectivity index (χ3n) is 23.6. The molecule has 0 bridgehead atoms. The first-order chi connectivity index (χ1) is 49.3. The maximum atomic E-state index is 13.0. The third kappa shape index (κ3) is 19.7. The van der Waals surface area contributed by atoms with Crippen molar-refractivity contribution < 1.29 is 116 Å². The molecule has 0 spiro atoms. The molecule has 12 atom stereocenters. The topological polar surface area (TPSA) is 347 Å². The number of aliphatic carboxylic acids is 4. The van der Waals surface area contributed by atoms with Crippen LogP contribution in [-0.2, 0) is 79.7 Å². The molecule has 12 rings (SSSR count). The third-order valence-corrected chi connectivity index (χ3v) is 23.6. The van der Waals surface area contributed by atoms with Gasteiger partial charge in [-0.3, -0.25) is 0 Å². The van der Waals surface area contributed by atoms with E-state index in [0.717, 1.165) is 103 Å². The van der Waals surface area contributed by atoms with Crippen molar-refractivity contribution in [3.05, 3.63) is 144 Å². The number of esters is 4. The van der Waals surface area contributed by atoms with Gasteiger partial charge in [0.25, 0.3) is 0 Å². The molecular weight excluding hydrogens is 1340 g/mol. The quantitative estimate of drug-likeness (QED) is 0.0444. The lowest BCUT2D eigenvalue weighted by atomic mass is 9.80. The molecule has 4 aromatic rings. The smallest absolute Gasteiger partial charge is 0.343 e. The van der Waals surface area contributed by atoms with Gasteiger partial charge in [-0.25, -0.2) is 19.2 Å². The van der Waals surface area contributed by atoms with Gasteiger partial charge in [-0.15, -0.1) is 0 Å². The molecule has 4 saturated heterocycles. The number of likely N-dealkylation sites (tertiary alicyclic amines) is 4. The highest BCUT2D eigenvalue weighted by Crippen LogP contribution is 2.46. The molecule has 4 aliphatic carbocycles. The second-order valence-corrected chi connectivity index (χ2v) is 31.9. The lowest BCUT2D eigenvalue weighted by molar-refractivity contribution is -0.893.